The number of nitrogens with zero attached hydrogens (tertiary/aromatic N) is 1. The van der Waals surface area contributed by atoms with Crippen LogP contribution < -0.4 is 10.1 Å². The molecule has 0 bridgehead atoms. The quantitative estimate of drug-likeness (QED) is 0.623. The SMILES string of the molecule is COc1ccc(Br)cc1NC#N. The number of anilines is 1. The first-order valence-electron chi connectivity index (χ1n) is 3.26. The van der Waals surface area contributed by atoms with Crippen LogP contribution in [0.25, 0.3) is 0 Å². The molecule has 0 aromatic heterocycles. The first-order chi connectivity index (χ1) is 5.77. The Labute approximate surface area is 79.1 Å². The lowest BCUT2D eigenvalue weighted by molar-refractivity contribution is 0.417. The number of methoxy groups -OCH3 is 1. The maximum atomic E-state index is 8.40. The van der Waals surface area contributed by atoms with Crippen molar-refractivity contribution in [2.45, 2.75) is 0 Å². The fourth-order valence-electron chi connectivity index (χ4n) is 0.838. The van der Waals surface area contributed by atoms with Gasteiger partial charge in [0.1, 0.15) is 5.75 Å². The van der Waals surface area contributed by atoms with E-state index in [4.69, 9.17) is 10.00 Å². The molecule has 0 unspecified atom stereocenters. The van der Waals surface area contributed by atoms with Crippen molar-refractivity contribution in [3.63, 3.8) is 0 Å². The minimum Gasteiger partial charge on any atom is -0.495 e. The highest BCUT2D eigenvalue weighted by Gasteiger charge is 2.01. The Morgan fingerprint density at radius 3 is 2.92 bits per heavy atom. The highest BCUT2D eigenvalue weighted by molar-refractivity contribution is 9.10. The van der Waals surface area contributed by atoms with Crippen molar-refractivity contribution in [2.75, 3.05) is 12.4 Å². The largest absolute Gasteiger partial charge is 0.495 e. The Morgan fingerprint density at radius 1 is 1.58 bits per heavy atom. The maximum Gasteiger partial charge on any atom is 0.181 e. The Hall–Kier alpha value is -1.21. The topological polar surface area (TPSA) is 45.0 Å². The molecule has 0 aliphatic carbocycles. The molecule has 0 fully saturated rings. The number of hydrogen-bond acceptors (Lipinski definition) is 3. The molecule has 1 aromatic carbocycles. The van der Waals surface area contributed by atoms with Gasteiger partial charge in [0, 0.05) is 4.47 Å². The summed E-state index contributed by atoms with van der Waals surface area (Å²) >= 11 is 3.29. The number of halogens is 1. The number of ether oxygens (including phenoxy) is 1. The van der Waals surface area contributed by atoms with Crippen molar-refractivity contribution >= 4 is 21.6 Å². The summed E-state index contributed by atoms with van der Waals surface area (Å²) in [6.07, 6.45) is 1.84. The van der Waals surface area contributed by atoms with Crippen molar-refractivity contribution in [1.29, 1.82) is 5.26 Å². The second-order valence-electron chi connectivity index (χ2n) is 2.08. The van der Waals surface area contributed by atoms with E-state index in [0.29, 0.717) is 11.4 Å². The monoisotopic (exact) mass is 226 g/mol. The molecule has 0 amide bonds. The van der Waals surface area contributed by atoms with Gasteiger partial charge in [0.2, 0.25) is 0 Å². The minimum absolute atomic E-state index is 0.653. The Morgan fingerprint density at radius 2 is 2.33 bits per heavy atom. The summed E-state index contributed by atoms with van der Waals surface area (Å²) in [6, 6.07) is 5.41. The fraction of sp³-hybridized carbons (Fsp3) is 0.125. The van der Waals surface area contributed by atoms with E-state index in [1.165, 1.54) is 0 Å². The molecule has 62 valence electrons. The van der Waals surface area contributed by atoms with E-state index in [1.54, 1.807) is 19.2 Å². The molecule has 1 rings (SSSR count). The molecular formula is C8H7BrN2O. The van der Waals surface area contributed by atoms with Gasteiger partial charge in [-0.2, -0.15) is 5.26 Å². The summed E-state index contributed by atoms with van der Waals surface area (Å²) in [6.45, 7) is 0. The number of hydrogen-bond donors (Lipinski definition) is 1. The van der Waals surface area contributed by atoms with Crippen LogP contribution in [-0.2, 0) is 0 Å². The van der Waals surface area contributed by atoms with Crippen LogP contribution >= 0.6 is 15.9 Å². The maximum absolute atomic E-state index is 8.40. The fourth-order valence-corrected chi connectivity index (χ4v) is 1.20. The van der Waals surface area contributed by atoms with Gasteiger partial charge in [-0.25, -0.2) is 0 Å². The Bertz CT molecular complexity index is 319. The van der Waals surface area contributed by atoms with Crippen molar-refractivity contribution in [2.24, 2.45) is 0 Å². The van der Waals surface area contributed by atoms with E-state index in [-0.39, 0.29) is 0 Å². The lowest BCUT2D eigenvalue weighted by atomic mass is 10.3. The molecule has 0 atom stereocenters. The number of benzene rings is 1. The summed E-state index contributed by atoms with van der Waals surface area (Å²) in [5.41, 5.74) is 0.661. The van der Waals surface area contributed by atoms with Crippen LogP contribution in [-0.4, -0.2) is 7.11 Å². The van der Waals surface area contributed by atoms with Crippen LogP contribution in [0.4, 0.5) is 5.69 Å². The molecule has 0 saturated carbocycles. The molecule has 3 nitrogen and oxygen atoms in total. The molecule has 12 heavy (non-hydrogen) atoms. The van der Waals surface area contributed by atoms with E-state index >= 15 is 0 Å². The van der Waals surface area contributed by atoms with E-state index in [1.807, 2.05) is 12.3 Å². The molecule has 0 aliphatic rings. The van der Waals surface area contributed by atoms with Gasteiger partial charge in [-0.05, 0) is 18.2 Å². The number of nitriles is 1. The summed E-state index contributed by atoms with van der Waals surface area (Å²) in [5.74, 6) is 0.653. The lowest BCUT2D eigenvalue weighted by Gasteiger charge is -2.05. The molecule has 0 radical (unpaired) electrons. The molecule has 0 aliphatic heterocycles. The van der Waals surface area contributed by atoms with Crippen molar-refractivity contribution < 1.29 is 4.74 Å². The van der Waals surface area contributed by atoms with Gasteiger partial charge in [-0.1, -0.05) is 15.9 Å². The van der Waals surface area contributed by atoms with E-state index < -0.39 is 0 Å². The second-order valence-corrected chi connectivity index (χ2v) is 3.00. The van der Waals surface area contributed by atoms with Gasteiger partial charge in [0.25, 0.3) is 0 Å². The highest BCUT2D eigenvalue weighted by Crippen LogP contribution is 2.27. The molecule has 1 aromatic rings. The first kappa shape index (κ1) is 8.88. The third-order valence-electron chi connectivity index (χ3n) is 1.35. The summed E-state index contributed by atoms with van der Waals surface area (Å²) < 4.78 is 5.92. The molecule has 4 heteroatoms. The average molecular weight is 227 g/mol. The van der Waals surface area contributed by atoms with Gasteiger partial charge in [-0.3, -0.25) is 5.32 Å². The zero-order chi connectivity index (χ0) is 8.97. The van der Waals surface area contributed by atoms with E-state index in [9.17, 15) is 0 Å². The molecule has 1 N–H and O–H groups in total. The van der Waals surface area contributed by atoms with Crippen molar-refractivity contribution in [3.8, 4) is 11.9 Å². The molecular weight excluding hydrogens is 220 g/mol. The molecule has 0 saturated heterocycles. The summed E-state index contributed by atoms with van der Waals surface area (Å²) in [5, 5.41) is 10.9. The summed E-state index contributed by atoms with van der Waals surface area (Å²) in [7, 11) is 1.56. The Kier molecular flexibility index (Phi) is 2.94. The Balaban J connectivity index is 3.05. The van der Waals surface area contributed by atoms with Crippen molar-refractivity contribution in [3.05, 3.63) is 22.7 Å². The van der Waals surface area contributed by atoms with Crippen LogP contribution in [0.2, 0.25) is 0 Å². The van der Waals surface area contributed by atoms with Crippen LogP contribution in [0, 0.1) is 11.5 Å². The van der Waals surface area contributed by atoms with E-state index in [2.05, 4.69) is 21.2 Å². The van der Waals surface area contributed by atoms with Gasteiger partial charge in [0.15, 0.2) is 6.19 Å². The van der Waals surface area contributed by atoms with Gasteiger partial charge >= 0.3 is 0 Å². The normalized spacial score (nSPS) is 8.75. The second kappa shape index (κ2) is 3.98. The van der Waals surface area contributed by atoms with Crippen LogP contribution in [0.3, 0.4) is 0 Å². The predicted octanol–water partition coefficient (Wildman–Crippen LogP) is 2.35. The standard InChI is InChI=1S/C8H7BrN2O/c1-12-8-3-2-6(9)4-7(8)11-5-10/h2-4,11H,1H3. The minimum atomic E-state index is 0.653. The lowest BCUT2D eigenvalue weighted by Crippen LogP contribution is -1.92. The predicted molar refractivity (Wildman–Crippen MR) is 49.9 cm³/mol. The third kappa shape index (κ3) is 1.89. The van der Waals surface area contributed by atoms with Crippen LogP contribution in [0.1, 0.15) is 0 Å². The average Bonchev–Trinajstić information content (AvgIpc) is 2.05. The van der Waals surface area contributed by atoms with Gasteiger partial charge < -0.3 is 4.74 Å². The number of rotatable bonds is 2. The zero-order valence-electron chi connectivity index (χ0n) is 6.47. The number of nitrogens with one attached hydrogen (secondary N) is 1. The molecule has 0 heterocycles. The smallest absolute Gasteiger partial charge is 0.181 e. The molecule has 0 spiro atoms. The van der Waals surface area contributed by atoms with Gasteiger partial charge in [-0.15, -0.1) is 0 Å². The van der Waals surface area contributed by atoms with Crippen LogP contribution in [0.5, 0.6) is 5.75 Å². The zero-order valence-corrected chi connectivity index (χ0v) is 8.05. The van der Waals surface area contributed by atoms with E-state index in [0.717, 1.165) is 4.47 Å². The van der Waals surface area contributed by atoms with Crippen molar-refractivity contribution in [1.82, 2.24) is 0 Å². The van der Waals surface area contributed by atoms with Gasteiger partial charge in [0.05, 0.1) is 12.8 Å². The third-order valence-corrected chi connectivity index (χ3v) is 1.85. The highest BCUT2D eigenvalue weighted by atomic mass is 79.9. The summed E-state index contributed by atoms with van der Waals surface area (Å²) in [4.78, 5) is 0. The van der Waals surface area contributed by atoms with Crippen LogP contribution in [0.15, 0.2) is 22.7 Å². The first-order valence-corrected chi connectivity index (χ1v) is 4.06.